The predicted octanol–water partition coefficient (Wildman–Crippen LogP) is 1.58. The SMILES string of the molecule is COC(=O)c1ccc(NC(=O)c2cnsn2)cc1. The fraction of sp³-hybridized carbons (Fsp3) is 0.0909. The molecule has 0 atom stereocenters. The Labute approximate surface area is 107 Å². The van der Waals surface area contributed by atoms with Crippen LogP contribution in [0.5, 0.6) is 0 Å². The first-order valence-corrected chi connectivity index (χ1v) is 5.71. The van der Waals surface area contributed by atoms with E-state index in [1.54, 1.807) is 24.3 Å². The monoisotopic (exact) mass is 263 g/mol. The van der Waals surface area contributed by atoms with Gasteiger partial charge in [-0.2, -0.15) is 8.75 Å². The van der Waals surface area contributed by atoms with Gasteiger partial charge in [-0.3, -0.25) is 4.79 Å². The Kier molecular flexibility index (Phi) is 3.63. The van der Waals surface area contributed by atoms with E-state index in [4.69, 9.17) is 0 Å². The molecule has 0 spiro atoms. The van der Waals surface area contributed by atoms with Crippen LogP contribution in [0.25, 0.3) is 0 Å². The Balaban J connectivity index is 2.07. The van der Waals surface area contributed by atoms with Gasteiger partial charge in [0.25, 0.3) is 5.91 Å². The van der Waals surface area contributed by atoms with E-state index in [0.29, 0.717) is 11.3 Å². The third kappa shape index (κ3) is 2.69. The van der Waals surface area contributed by atoms with Crippen molar-refractivity contribution < 1.29 is 14.3 Å². The van der Waals surface area contributed by atoms with Crippen LogP contribution in [0.2, 0.25) is 0 Å². The molecule has 1 N–H and O–H groups in total. The normalized spacial score (nSPS) is 9.83. The number of ether oxygens (including phenoxy) is 1. The quantitative estimate of drug-likeness (QED) is 0.850. The first-order valence-electron chi connectivity index (χ1n) is 4.98. The smallest absolute Gasteiger partial charge is 0.337 e. The van der Waals surface area contributed by atoms with Crippen LogP contribution in [-0.4, -0.2) is 27.7 Å². The topological polar surface area (TPSA) is 81.2 Å². The van der Waals surface area contributed by atoms with E-state index < -0.39 is 5.97 Å². The van der Waals surface area contributed by atoms with Crippen LogP contribution in [0.1, 0.15) is 20.8 Å². The molecular formula is C11H9N3O3S. The van der Waals surface area contributed by atoms with E-state index in [2.05, 4.69) is 18.8 Å². The van der Waals surface area contributed by atoms with Gasteiger partial charge in [0.15, 0.2) is 5.69 Å². The van der Waals surface area contributed by atoms with Crippen LogP contribution >= 0.6 is 11.7 Å². The van der Waals surface area contributed by atoms with Gasteiger partial charge in [0.05, 0.1) is 30.6 Å². The average molecular weight is 263 g/mol. The maximum atomic E-state index is 11.7. The number of rotatable bonds is 3. The number of nitrogens with zero attached hydrogens (tertiary/aromatic N) is 2. The van der Waals surface area contributed by atoms with E-state index in [1.165, 1.54) is 13.3 Å². The van der Waals surface area contributed by atoms with Gasteiger partial charge in [0.1, 0.15) is 0 Å². The molecule has 0 saturated heterocycles. The van der Waals surface area contributed by atoms with Crippen molar-refractivity contribution in [3.05, 3.63) is 41.7 Å². The van der Waals surface area contributed by atoms with E-state index in [-0.39, 0.29) is 11.6 Å². The van der Waals surface area contributed by atoms with Crippen LogP contribution in [-0.2, 0) is 4.74 Å². The zero-order valence-corrected chi connectivity index (χ0v) is 10.2. The Morgan fingerprint density at radius 3 is 2.56 bits per heavy atom. The number of aromatic nitrogens is 2. The molecule has 0 unspecified atom stereocenters. The molecule has 0 saturated carbocycles. The van der Waals surface area contributed by atoms with Gasteiger partial charge < -0.3 is 10.1 Å². The van der Waals surface area contributed by atoms with Gasteiger partial charge in [-0.1, -0.05) is 0 Å². The van der Waals surface area contributed by atoms with E-state index >= 15 is 0 Å². The molecule has 0 aliphatic rings. The zero-order chi connectivity index (χ0) is 13.0. The summed E-state index contributed by atoms with van der Waals surface area (Å²) in [6.45, 7) is 0. The summed E-state index contributed by atoms with van der Waals surface area (Å²) in [5.74, 6) is -0.758. The summed E-state index contributed by atoms with van der Waals surface area (Å²) >= 11 is 0.966. The van der Waals surface area contributed by atoms with Crippen molar-refractivity contribution in [2.75, 3.05) is 12.4 Å². The van der Waals surface area contributed by atoms with Crippen LogP contribution in [0.4, 0.5) is 5.69 Å². The minimum Gasteiger partial charge on any atom is -0.465 e. The molecule has 0 radical (unpaired) electrons. The number of amides is 1. The van der Waals surface area contributed by atoms with Gasteiger partial charge in [-0.15, -0.1) is 0 Å². The summed E-state index contributed by atoms with van der Waals surface area (Å²) in [4.78, 5) is 22.9. The number of nitrogens with one attached hydrogen (secondary N) is 1. The molecule has 0 aliphatic heterocycles. The third-order valence-corrected chi connectivity index (χ3v) is 2.64. The molecule has 6 nitrogen and oxygen atoms in total. The molecule has 0 bridgehead atoms. The van der Waals surface area contributed by atoms with Crippen molar-refractivity contribution in [1.29, 1.82) is 0 Å². The largest absolute Gasteiger partial charge is 0.465 e. The number of methoxy groups -OCH3 is 1. The van der Waals surface area contributed by atoms with Crippen LogP contribution < -0.4 is 5.32 Å². The molecule has 7 heteroatoms. The molecule has 0 aliphatic carbocycles. The highest BCUT2D eigenvalue weighted by molar-refractivity contribution is 6.99. The molecule has 1 heterocycles. The number of hydrogen-bond acceptors (Lipinski definition) is 6. The molecule has 2 rings (SSSR count). The van der Waals surface area contributed by atoms with Crippen LogP contribution in [0.15, 0.2) is 30.5 Å². The fourth-order valence-electron chi connectivity index (χ4n) is 1.27. The van der Waals surface area contributed by atoms with E-state index in [0.717, 1.165) is 11.7 Å². The highest BCUT2D eigenvalue weighted by Crippen LogP contribution is 2.11. The minimum absolute atomic E-state index is 0.261. The van der Waals surface area contributed by atoms with Crippen molar-refractivity contribution in [1.82, 2.24) is 8.75 Å². The average Bonchev–Trinajstić information content (AvgIpc) is 2.92. The molecule has 2 aromatic rings. The second-order valence-corrected chi connectivity index (χ2v) is 3.87. The summed E-state index contributed by atoms with van der Waals surface area (Å²) in [5.41, 5.74) is 1.25. The van der Waals surface area contributed by atoms with Crippen molar-refractivity contribution >= 4 is 29.3 Å². The highest BCUT2D eigenvalue weighted by atomic mass is 32.1. The summed E-state index contributed by atoms with van der Waals surface area (Å²) < 4.78 is 12.1. The Morgan fingerprint density at radius 1 is 1.28 bits per heavy atom. The maximum absolute atomic E-state index is 11.7. The lowest BCUT2D eigenvalue weighted by atomic mass is 10.2. The molecular weight excluding hydrogens is 254 g/mol. The van der Waals surface area contributed by atoms with Crippen molar-refractivity contribution in [3.63, 3.8) is 0 Å². The summed E-state index contributed by atoms with van der Waals surface area (Å²) in [5, 5.41) is 2.64. The van der Waals surface area contributed by atoms with E-state index in [1.807, 2.05) is 0 Å². The predicted molar refractivity (Wildman–Crippen MR) is 65.6 cm³/mol. The number of carbonyl (C=O) groups is 2. The van der Waals surface area contributed by atoms with Crippen LogP contribution in [0, 0.1) is 0 Å². The summed E-state index contributed by atoms with van der Waals surface area (Å²) in [6, 6.07) is 6.37. The third-order valence-electron chi connectivity index (χ3n) is 2.16. The number of carbonyl (C=O) groups excluding carboxylic acids is 2. The molecule has 1 aromatic heterocycles. The molecule has 18 heavy (non-hydrogen) atoms. The minimum atomic E-state index is -0.420. The van der Waals surface area contributed by atoms with Gasteiger partial charge in [-0.25, -0.2) is 4.79 Å². The first kappa shape index (κ1) is 12.2. The van der Waals surface area contributed by atoms with Gasteiger partial charge in [0, 0.05) is 5.69 Å². The van der Waals surface area contributed by atoms with Crippen molar-refractivity contribution in [2.45, 2.75) is 0 Å². The maximum Gasteiger partial charge on any atom is 0.337 e. The second-order valence-electron chi connectivity index (χ2n) is 3.32. The molecule has 1 aromatic carbocycles. The van der Waals surface area contributed by atoms with Crippen molar-refractivity contribution in [2.24, 2.45) is 0 Å². The lowest BCUT2D eigenvalue weighted by molar-refractivity contribution is 0.0600. The number of benzene rings is 1. The summed E-state index contributed by atoms with van der Waals surface area (Å²) in [6.07, 6.45) is 1.39. The van der Waals surface area contributed by atoms with Gasteiger partial charge in [-0.05, 0) is 24.3 Å². The Hall–Kier alpha value is -2.28. The Bertz CT molecular complexity index is 551. The van der Waals surface area contributed by atoms with Crippen molar-refractivity contribution in [3.8, 4) is 0 Å². The number of esters is 1. The molecule has 0 fully saturated rings. The fourth-order valence-corrected chi connectivity index (χ4v) is 1.68. The summed E-state index contributed by atoms with van der Waals surface area (Å²) in [7, 11) is 1.31. The van der Waals surface area contributed by atoms with Gasteiger partial charge >= 0.3 is 5.97 Å². The first-order chi connectivity index (χ1) is 8.70. The van der Waals surface area contributed by atoms with Gasteiger partial charge in [0.2, 0.25) is 0 Å². The Morgan fingerprint density at radius 2 is 2.00 bits per heavy atom. The van der Waals surface area contributed by atoms with E-state index in [9.17, 15) is 9.59 Å². The number of hydrogen-bond donors (Lipinski definition) is 1. The zero-order valence-electron chi connectivity index (χ0n) is 9.41. The number of anilines is 1. The highest BCUT2D eigenvalue weighted by Gasteiger charge is 2.09. The second kappa shape index (κ2) is 5.37. The lowest BCUT2D eigenvalue weighted by Crippen LogP contribution is -2.12. The standard InChI is InChI=1S/C11H9N3O3S/c1-17-11(16)7-2-4-8(5-3-7)13-10(15)9-6-12-18-14-9/h2-6H,1H3,(H,13,15). The lowest BCUT2D eigenvalue weighted by Gasteiger charge is -2.04. The molecule has 1 amide bonds. The van der Waals surface area contributed by atoms with Crippen LogP contribution in [0.3, 0.4) is 0 Å². The molecule has 92 valence electrons.